The van der Waals surface area contributed by atoms with Crippen molar-refractivity contribution in [3.05, 3.63) is 131 Å². The molecule has 5 nitrogen and oxygen atoms in total. The molecule has 7 rings (SSSR count). The van der Waals surface area contributed by atoms with E-state index in [0.717, 1.165) is 63.1 Å². The van der Waals surface area contributed by atoms with Crippen LogP contribution in [0.15, 0.2) is 85.1 Å². The van der Waals surface area contributed by atoms with E-state index in [4.69, 9.17) is 14.8 Å². The Labute approximate surface area is 316 Å². The average molecular weight is 765 g/mol. The molecule has 3 heterocycles. The number of pyridine rings is 1. The first-order valence-electron chi connectivity index (χ1n) is 17.8. The van der Waals surface area contributed by atoms with Crippen molar-refractivity contribution in [2.75, 3.05) is 0 Å². The first-order valence-corrected chi connectivity index (χ1v) is 17.8. The van der Waals surface area contributed by atoms with Gasteiger partial charge in [-0.25, -0.2) is 4.98 Å². The zero-order valence-electron chi connectivity index (χ0n) is 31.1. The van der Waals surface area contributed by atoms with Crippen molar-refractivity contribution in [2.24, 2.45) is 0 Å². The fourth-order valence-electron chi connectivity index (χ4n) is 7.15. The quantitative estimate of drug-likeness (QED) is 0.114. The van der Waals surface area contributed by atoms with E-state index in [0.29, 0.717) is 11.5 Å². The predicted molar refractivity (Wildman–Crippen MR) is 206 cm³/mol. The van der Waals surface area contributed by atoms with Gasteiger partial charge in [-0.15, -0.1) is 41.3 Å². The number of hydrogen-bond donors (Lipinski definition) is 0. The summed E-state index contributed by atoms with van der Waals surface area (Å²) in [6, 6.07) is 35.0. The maximum absolute atomic E-state index is 6.65. The first kappa shape index (κ1) is 36.3. The summed E-state index contributed by atoms with van der Waals surface area (Å²) in [5, 5.41) is 7.36. The second kappa shape index (κ2) is 14.3. The van der Waals surface area contributed by atoms with Gasteiger partial charge in [-0.1, -0.05) is 90.4 Å². The Hall–Kier alpha value is -4.50. The summed E-state index contributed by atoms with van der Waals surface area (Å²) in [7, 11) is 0. The molecule has 0 saturated carbocycles. The van der Waals surface area contributed by atoms with Crippen LogP contribution in [0.5, 0.6) is 11.5 Å². The number of benzene rings is 4. The molecule has 51 heavy (non-hydrogen) atoms. The zero-order valence-corrected chi connectivity index (χ0v) is 32.6. The zero-order chi connectivity index (χ0) is 35.3. The molecule has 0 radical (unpaired) electrons. The van der Waals surface area contributed by atoms with Crippen molar-refractivity contribution in [2.45, 2.75) is 86.5 Å². The van der Waals surface area contributed by atoms with E-state index in [9.17, 15) is 0 Å². The monoisotopic (exact) mass is 764 g/mol. The molecule has 0 fully saturated rings. The summed E-state index contributed by atoms with van der Waals surface area (Å²) in [5.74, 6) is 2.40. The Morgan fingerprint density at radius 3 is 2.20 bits per heavy atom. The van der Waals surface area contributed by atoms with Gasteiger partial charge in [0.05, 0.1) is 5.69 Å². The molecule has 0 saturated heterocycles. The van der Waals surface area contributed by atoms with E-state index >= 15 is 0 Å². The van der Waals surface area contributed by atoms with Crippen LogP contribution in [0.4, 0.5) is 0 Å². The standard InChI is InChI=1S/C45H46N4O.Pd/c1-10-31-15-14-16-32(11-2)44(31)43-29(5)47-49(30(43)6)35-23-33(28(3)4)24-37(26-35)50-36-19-20-39-38-17-12-13-18-40(38)48(41(39)27-36)42-25-34(21-22-46-42)45(7,8)9;/h12-25,28H,10-11H2,1-9H3;/q-2;+2. The number of nitrogens with zero attached hydrogens (tertiary/aromatic N) is 4. The van der Waals surface area contributed by atoms with Gasteiger partial charge >= 0.3 is 20.4 Å². The number of para-hydroxylation sites is 1. The third-order valence-electron chi connectivity index (χ3n) is 9.90. The Morgan fingerprint density at radius 2 is 1.51 bits per heavy atom. The van der Waals surface area contributed by atoms with Crippen LogP contribution in [0, 0.1) is 26.0 Å². The number of ether oxygens (including phenoxy) is 1. The van der Waals surface area contributed by atoms with Crippen LogP contribution in [0.3, 0.4) is 0 Å². The Balaban J connectivity index is 0.00000448. The van der Waals surface area contributed by atoms with Gasteiger partial charge in [-0.3, -0.25) is 4.68 Å². The summed E-state index contributed by atoms with van der Waals surface area (Å²) in [6.07, 6.45) is 3.84. The van der Waals surface area contributed by atoms with Gasteiger partial charge in [0.2, 0.25) is 0 Å². The molecule has 0 spiro atoms. The molecule has 0 atom stereocenters. The minimum Gasteiger partial charge on any atom is -0.509 e. The van der Waals surface area contributed by atoms with Gasteiger partial charge < -0.3 is 9.30 Å². The summed E-state index contributed by atoms with van der Waals surface area (Å²) < 4.78 is 10.9. The van der Waals surface area contributed by atoms with Crippen LogP contribution in [0.1, 0.15) is 88.0 Å². The Kier molecular flexibility index (Phi) is 10.1. The van der Waals surface area contributed by atoms with Crippen LogP contribution in [-0.2, 0) is 38.7 Å². The second-order valence-corrected chi connectivity index (χ2v) is 14.6. The molecule has 0 aliphatic heterocycles. The summed E-state index contributed by atoms with van der Waals surface area (Å²) in [5.41, 5.74) is 12.6. The van der Waals surface area contributed by atoms with Crippen LogP contribution in [-0.4, -0.2) is 19.3 Å². The van der Waals surface area contributed by atoms with Gasteiger partial charge in [0.25, 0.3) is 0 Å². The van der Waals surface area contributed by atoms with Crippen molar-refractivity contribution in [1.82, 2.24) is 19.3 Å². The van der Waals surface area contributed by atoms with Crippen LogP contribution in [0.25, 0.3) is 44.4 Å². The molecule has 0 aliphatic rings. The molecule has 7 aromatic rings. The molecule has 0 bridgehead atoms. The number of aromatic nitrogens is 4. The molecule has 0 N–H and O–H groups in total. The van der Waals surface area contributed by atoms with Crippen LogP contribution in [0.2, 0.25) is 0 Å². The maximum Gasteiger partial charge on any atom is 2.00 e. The third kappa shape index (κ3) is 6.68. The molecular weight excluding hydrogens is 719 g/mol. The van der Waals surface area contributed by atoms with E-state index in [2.05, 4.69) is 152 Å². The van der Waals surface area contributed by atoms with Crippen molar-refractivity contribution >= 4 is 21.8 Å². The van der Waals surface area contributed by atoms with Gasteiger partial charge in [0, 0.05) is 34.5 Å². The maximum atomic E-state index is 6.65. The SMILES string of the molecule is CCc1cccc(CC)c1-c1c(C)nn(-c2[c-]c(Oc3[c-]c4c(cc3)c3ccccc3n4-c3cc(C(C)(C)C)ccn3)cc(C(C)C)c2)c1C.[Pd+2]. The molecule has 6 heteroatoms. The smallest absolute Gasteiger partial charge is 0.509 e. The molecule has 0 unspecified atom stereocenters. The molecule has 3 aromatic heterocycles. The largest absolute Gasteiger partial charge is 2.00 e. The molecule has 0 aliphatic carbocycles. The fourth-order valence-corrected chi connectivity index (χ4v) is 7.15. The molecule has 262 valence electrons. The second-order valence-electron chi connectivity index (χ2n) is 14.6. The first-order chi connectivity index (χ1) is 24.0. The van der Waals surface area contributed by atoms with E-state index < -0.39 is 0 Å². The molecule has 4 aromatic carbocycles. The van der Waals surface area contributed by atoms with E-state index in [1.165, 1.54) is 27.8 Å². The topological polar surface area (TPSA) is 44.9 Å². The number of hydrogen-bond acceptors (Lipinski definition) is 3. The van der Waals surface area contributed by atoms with E-state index in [-0.39, 0.29) is 31.8 Å². The minimum absolute atomic E-state index is 0. The van der Waals surface area contributed by atoms with Gasteiger partial charge in [0.1, 0.15) is 5.82 Å². The van der Waals surface area contributed by atoms with Crippen molar-refractivity contribution in [3.8, 4) is 34.1 Å². The fraction of sp³-hybridized carbons (Fsp3) is 0.289. The van der Waals surface area contributed by atoms with Crippen molar-refractivity contribution in [3.63, 3.8) is 0 Å². The van der Waals surface area contributed by atoms with Crippen LogP contribution >= 0.6 is 0 Å². The molecule has 0 amide bonds. The van der Waals surface area contributed by atoms with E-state index in [1.54, 1.807) is 0 Å². The minimum atomic E-state index is -0.00663. The van der Waals surface area contributed by atoms with E-state index in [1.807, 2.05) is 16.9 Å². The Bertz CT molecular complexity index is 2350. The van der Waals surface area contributed by atoms with Crippen molar-refractivity contribution in [1.29, 1.82) is 0 Å². The molecular formula is C45H46N4OPd. The predicted octanol–water partition coefficient (Wildman–Crippen LogP) is 11.6. The Morgan fingerprint density at radius 1 is 0.784 bits per heavy atom. The summed E-state index contributed by atoms with van der Waals surface area (Å²) in [4.78, 5) is 4.83. The number of fused-ring (bicyclic) bond motifs is 3. The number of aryl methyl sites for hydroxylation is 3. The third-order valence-corrected chi connectivity index (χ3v) is 9.90. The van der Waals surface area contributed by atoms with Crippen molar-refractivity contribution < 1.29 is 25.2 Å². The summed E-state index contributed by atoms with van der Waals surface area (Å²) >= 11 is 0. The normalized spacial score (nSPS) is 11.8. The average Bonchev–Trinajstić information content (AvgIpc) is 3.59. The summed E-state index contributed by atoms with van der Waals surface area (Å²) in [6.45, 7) is 19.8. The number of rotatable bonds is 8. The van der Waals surface area contributed by atoms with Crippen LogP contribution < -0.4 is 4.74 Å². The van der Waals surface area contributed by atoms with Gasteiger partial charge in [-0.2, -0.15) is 11.2 Å². The van der Waals surface area contributed by atoms with Gasteiger partial charge in [0.15, 0.2) is 0 Å². The van der Waals surface area contributed by atoms with Gasteiger partial charge in [-0.05, 0) is 89.5 Å².